The number of rotatable bonds is 4. The average Bonchev–Trinajstić information content (AvgIpc) is 2.38. The van der Waals surface area contributed by atoms with Crippen LogP contribution in [-0.4, -0.2) is 38.9 Å². The van der Waals surface area contributed by atoms with Gasteiger partial charge in [0, 0.05) is 31.4 Å². The Hall–Kier alpha value is -1.06. The molecule has 0 radical (unpaired) electrons. The van der Waals surface area contributed by atoms with Gasteiger partial charge in [-0.05, 0) is 26.0 Å². The Morgan fingerprint density at radius 1 is 1.35 bits per heavy atom. The van der Waals surface area contributed by atoms with Crippen LogP contribution in [0.15, 0.2) is 24.3 Å². The maximum absolute atomic E-state index is 5.49. The molecule has 94 valence electrons. The lowest BCUT2D eigenvalue weighted by Crippen LogP contribution is -2.48. The zero-order chi connectivity index (χ0) is 12.1. The fraction of sp³-hybridized carbons (Fsp3) is 0.571. The normalized spacial score (nSPS) is 20.2. The van der Waals surface area contributed by atoms with Crippen LogP contribution in [-0.2, 0) is 4.74 Å². The smallest absolute Gasteiger partial charge is 0.0637 e. The van der Waals surface area contributed by atoms with Crippen molar-refractivity contribution in [2.24, 2.45) is 0 Å². The Morgan fingerprint density at radius 3 is 2.71 bits per heavy atom. The van der Waals surface area contributed by atoms with Crippen molar-refractivity contribution in [1.82, 2.24) is 5.32 Å². The SMILES string of the molecule is CCN(CC1COCCN1)c1ccc(C)cc1. The van der Waals surface area contributed by atoms with E-state index in [1.54, 1.807) is 0 Å². The Morgan fingerprint density at radius 2 is 2.12 bits per heavy atom. The minimum absolute atomic E-state index is 0.449. The van der Waals surface area contributed by atoms with Gasteiger partial charge in [0.05, 0.1) is 13.2 Å². The molecule has 1 heterocycles. The molecule has 1 aliphatic rings. The molecule has 17 heavy (non-hydrogen) atoms. The number of aryl methyl sites for hydroxylation is 1. The third-order valence-electron chi connectivity index (χ3n) is 3.22. The van der Waals surface area contributed by atoms with E-state index < -0.39 is 0 Å². The predicted molar refractivity (Wildman–Crippen MR) is 71.7 cm³/mol. The van der Waals surface area contributed by atoms with E-state index in [0.717, 1.165) is 32.8 Å². The van der Waals surface area contributed by atoms with Crippen LogP contribution >= 0.6 is 0 Å². The molecule has 3 heteroatoms. The fourth-order valence-corrected chi connectivity index (χ4v) is 2.18. The molecule has 0 bridgehead atoms. The van der Waals surface area contributed by atoms with Crippen molar-refractivity contribution in [2.45, 2.75) is 19.9 Å². The van der Waals surface area contributed by atoms with E-state index in [1.807, 2.05) is 0 Å². The van der Waals surface area contributed by atoms with Crippen molar-refractivity contribution >= 4 is 5.69 Å². The highest BCUT2D eigenvalue weighted by Crippen LogP contribution is 2.15. The maximum atomic E-state index is 5.49. The summed E-state index contributed by atoms with van der Waals surface area (Å²) in [4.78, 5) is 2.39. The number of likely N-dealkylation sites (N-methyl/N-ethyl adjacent to an activating group) is 1. The molecule has 1 fully saturated rings. The van der Waals surface area contributed by atoms with Crippen LogP contribution in [0.5, 0.6) is 0 Å². The lowest BCUT2D eigenvalue weighted by Gasteiger charge is -2.31. The molecule has 1 saturated heterocycles. The molecule has 1 atom stereocenters. The number of anilines is 1. The number of hydrogen-bond donors (Lipinski definition) is 1. The Kier molecular flexibility index (Phi) is 4.40. The van der Waals surface area contributed by atoms with E-state index in [4.69, 9.17) is 4.74 Å². The molecule has 0 spiro atoms. The summed E-state index contributed by atoms with van der Waals surface area (Å²) in [5.74, 6) is 0. The predicted octanol–water partition coefficient (Wildman–Crippen LogP) is 1.81. The lowest BCUT2D eigenvalue weighted by atomic mass is 10.2. The van der Waals surface area contributed by atoms with Crippen LogP contribution in [0.3, 0.4) is 0 Å². The van der Waals surface area contributed by atoms with Gasteiger partial charge in [0.2, 0.25) is 0 Å². The number of nitrogens with zero attached hydrogens (tertiary/aromatic N) is 1. The molecule has 1 unspecified atom stereocenters. The largest absolute Gasteiger partial charge is 0.378 e. The number of morpholine rings is 1. The lowest BCUT2D eigenvalue weighted by molar-refractivity contribution is 0.0788. The Labute approximate surface area is 104 Å². The van der Waals surface area contributed by atoms with Crippen molar-refractivity contribution in [3.63, 3.8) is 0 Å². The minimum Gasteiger partial charge on any atom is -0.378 e. The molecular weight excluding hydrogens is 212 g/mol. The number of ether oxygens (including phenoxy) is 1. The Bertz CT molecular complexity index is 331. The maximum Gasteiger partial charge on any atom is 0.0637 e. The molecular formula is C14H22N2O. The molecule has 1 aliphatic heterocycles. The van der Waals surface area contributed by atoms with Gasteiger partial charge in [-0.3, -0.25) is 0 Å². The fourth-order valence-electron chi connectivity index (χ4n) is 2.18. The van der Waals surface area contributed by atoms with Gasteiger partial charge in [-0.1, -0.05) is 17.7 Å². The molecule has 0 saturated carbocycles. The molecule has 3 nitrogen and oxygen atoms in total. The van der Waals surface area contributed by atoms with E-state index in [1.165, 1.54) is 11.3 Å². The zero-order valence-electron chi connectivity index (χ0n) is 10.8. The van der Waals surface area contributed by atoms with Crippen LogP contribution in [0.4, 0.5) is 5.69 Å². The van der Waals surface area contributed by atoms with Gasteiger partial charge in [0.1, 0.15) is 0 Å². The molecule has 2 rings (SSSR count). The van der Waals surface area contributed by atoms with Gasteiger partial charge in [-0.2, -0.15) is 0 Å². The van der Waals surface area contributed by atoms with Crippen LogP contribution < -0.4 is 10.2 Å². The number of benzene rings is 1. The highest BCUT2D eigenvalue weighted by atomic mass is 16.5. The monoisotopic (exact) mass is 234 g/mol. The molecule has 1 aromatic carbocycles. The van der Waals surface area contributed by atoms with Crippen molar-refractivity contribution in [1.29, 1.82) is 0 Å². The zero-order valence-corrected chi connectivity index (χ0v) is 10.8. The number of nitrogens with one attached hydrogen (secondary N) is 1. The Balaban J connectivity index is 1.97. The van der Waals surface area contributed by atoms with E-state index in [9.17, 15) is 0 Å². The first kappa shape index (κ1) is 12.4. The van der Waals surface area contributed by atoms with Crippen LogP contribution in [0.1, 0.15) is 12.5 Å². The van der Waals surface area contributed by atoms with E-state index >= 15 is 0 Å². The molecule has 0 amide bonds. The van der Waals surface area contributed by atoms with Crippen LogP contribution in [0, 0.1) is 6.92 Å². The molecule has 0 aromatic heterocycles. The topological polar surface area (TPSA) is 24.5 Å². The molecule has 0 aliphatic carbocycles. The second kappa shape index (κ2) is 6.03. The summed E-state index contributed by atoms with van der Waals surface area (Å²) in [6.45, 7) is 8.99. The van der Waals surface area contributed by atoms with Crippen LogP contribution in [0.25, 0.3) is 0 Å². The van der Waals surface area contributed by atoms with E-state index in [-0.39, 0.29) is 0 Å². The second-order valence-electron chi connectivity index (χ2n) is 4.60. The van der Waals surface area contributed by atoms with Gasteiger partial charge in [0.15, 0.2) is 0 Å². The summed E-state index contributed by atoms with van der Waals surface area (Å²) in [5, 5.41) is 3.50. The standard InChI is InChI=1S/C14H22N2O/c1-3-16(10-13-11-17-9-8-15-13)14-6-4-12(2)5-7-14/h4-7,13,15H,3,8-11H2,1-2H3. The summed E-state index contributed by atoms with van der Waals surface area (Å²) in [7, 11) is 0. The first-order chi connectivity index (χ1) is 8.29. The second-order valence-corrected chi connectivity index (χ2v) is 4.60. The summed E-state index contributed by atoms with van der Waals surface area (Å²) in [6, 6.07) is 9.18. The highest BCUT2D eigenvalue weighted by molar-refractivity contribution is 5.47. The van der Waals surface area contributed by atoms with Gasteiger partial charge in [-0.15, -0.1) is 0 Å². The van der Waals surface area contributed by atoms with Gasteiger partial charge < -0.3 is 15.0 Å². The summed E-state index contributed by atoms with van der Waals surface area (Å²) in [5.41, 5.74) is 2.61. The number of hydrogen-bond acceptors (Lipinski definition) is 3. The minimum atomic E-state index is 0.449. The van der Waals surface area contributed by atoms with E-state index in [2.05, 4.69) is 48.3 Å². The first-order valence-corrected chi connectivity index (χ1v) is 6.42. The third kappa shape index (κ3) is 3.45. The van der Waals surface area contributed by atoms with E-state index in [0.29, 0.717) is 6.04 Å². The molecule has 1 N–H and O–H groups in total. The van der Waals surface area contributed by atoms with Crippen molar-refractivity contribution in [2.75, 3.05) is 37.7 Å². The third-order valence-corrected chi connectivity index (χ3v) is 3.22. The van der Waals surface area contributed by atoms with Crippen LogP contribution in [0.2, 0.25) is 0 Å². The quantitative estimate of drug-likeness (QED) is 0.860. The van der Waals surface area contributed by atoms with Crippen molar-refractivity contribution in [3.05, 3.63) is 29.8 Å². The van der Waals surface area contributed by atoms with Gasteiger partial charge in [-0.25, -0.2) is 0 Å². The summed E-state index contributed by atoms with van der Waals surface area (Å²) >= 11 is 0. The molecule has 1 aromatic rings. The average molecular weight is 234 g/mol. The van der Waals surface area contributed by atoms with Gasteiger partial charge >= 0.3 is 0 Å². The van der Waals surface area contributed by atoms with Gasteiger partial charge in [0.25, 0.3) is 0 Å². The highest BCUT2D eigenvalue weighted by Gasteiger charge is 2.16. The summed E-state index contributed by atoms with van der Waals surface area (Å²) < 4.78 is 5.49. The van der Waals surface area contributed by atoms with Crippen molar-refractivity contribution < 1.29 is 4.74 Å². The first-order valence-electron chi connectivity index (χ1n) is 6.42. The summed E-state index contributed by atoms with van der Waals surface area (Å²) in [6.07, 6.45) is 0. The van der Waals surface area contributed by atoms with Crippen molar-refractivity contribution in [3.8, 4) is 0 Å².